The Labute approximate surface area is 628 Å². The van der Waals surface area contributed by atoms with Crippen LogP contribution >= 0.6 is 45.3 Å². The van der Waals surface area contributed by atoms with Gasteiger partial charge in [0, 0.05) is 73.5 Å². The molecule has 0 spiro atoms. The van der Waals surface area contributed by atoms with Gasteiger partial charge < -0.3 is 0 Å². The molecule has 104 heavy (non-hydrogen) atoms. The van der Waals surface area contributed by atoms with Crippen molar-refractivity contribution in [2.24, 2.45) is 0 Å². The number of benzene rings is 7. The number of allylic oxidation sites excluding steroid dienone is 6. The minimum absolute atomic E-state index is 0.0794. The maximum absolute atomic E-state index is 14.7. The summed E-state index contributed by atoms with van der Waals surface area (Å²) in [5.74, 6) is -0.380. The van der Waals surface area contributed by atoms with Gasteiger partial charge in [-0.05, 0) is 166 Å². The third-order valence-electron chi connectivity index (χ3n) is 22.2. The number of aryl methyl sites for hydroxylation is 4. The van der Waals surface area contributed by atoms with Crippen LogP contribution in [0.2, 0.25) is 0 Å². The first-order chi connectivity index (χ1) is 51.1. The Morgan fingerprint density at radius 1 is 0.404 bits per heavy atom. The lowest BCUT2D eigenvalue weighted by Crippen LogP contribution is -2.30. The molecule has 4 aromatic heterocycles. The highest BCUT2D eigenvalue weighted by molar-refractivity contribution is 7.31. The van der Waals surface area contributed by atoms with Crippen molar-refractivity contribution in [3.05, 3.63) is 302 Å². The molecule has 0 saturated heterocycles. The van der Waals surface area contributed by atoms with Crippen LogP contribution in [0.3, 0.4) is 0 Å². The topological polar surface area (TPSA) is 110 Å². The van der Waals surface area contributed by atoms with E-state index in [1.165, 1.54) is 165 Å². The first kappa shape index (κ1) is 69.8. The Bertz CT molecular complexity index is 5030. The molecule has 4 aliphatic carbocycles. The number of fused-ring (bicyclic) bond motifs is 12. The molecule has 0 N–H and O–H groups in total. The van der Waals surface area contributed by atoms with Crippen LogP contribution in [0, 0.1) is 40.6 Å². The van der Waals surface area contributed by atoms with Gasteiger partial charge in [0.15, 0.2) is 11.6 Å². The number of rotatable bonds is 26. The molecule has 0 bridgehead atoms. The average Bonchev–Trinajstić information content (AvgIpc) is 1.49. The number of carbonyl (C=O) groups is 2. The smallest absolute Gasteiger partial charge is 0.270 e. The van der Waals surface area contributed by atoms with E-state index in [4.69, 9.17) is 6.57 Å². The molecule has 7 aromatic carbocycles. The van der Waals surface area contributed by atoms with Gasteiger partial charge in [0.1, 0.15) is 17.7 Å². The molecule has 4 heterocycles. The zero-order valence-electron chi connectivity index (χ0n) is 59.7. The highest BCUT2D eigenvalue weighted by atomic mass is 32.1. The number of thiophene rings is 4. The molecular formula is C94H82N4O2S4. The number of ketones is 2. The fourth-order valence-corrected chi connectivity index (χ4v) is 22.6. The second kappa shape index (κ2) is 30.1. The van der Waals surface area contributed by atoms with Crippen LogP contribution < -0.4 is 0 Å². The van der Waals surface area contributed by atoms with Crippen molar-refractivity contribution >= 4 is 99.0 Å². The summed E-state index contributed by atoms with van der Waals surface area (Å²) in [5.41, 5.74) is 19.2. The summed E-state index contributed by atoms with van der Waals surface area (Å²) in [5, 5.41) is 31.3. The maximum Gasteiger partial charge on any atom is 0.270 e. The number of Topliss-reactive ketones (excluding diaryl/α,β-unsaturated/α-hetero) is 2. The quantitative estimate of drug-likeness (QED) is 0.0232. The summed E-state index contributed by atoms with van der Waals surface area (Å²) >= 11 is 7.03. The SMILES string of the molecule is [C-]#[N+]/C(C#N)=C1/C(=C/c2cc3sc4c(c3s2)C(c2ccc(CCCCCC)cc2)(c2ccc(CCCCCC)cc2)c2cc3c(cc2-4)C(c2ccc(CCCCCC)cc2)(c2ccc(CCCCCC)cc2)c2c-3sc3cc(/C=C4\C(=O)c5ccccc5C4=C(C#N)C#N)sc23)C(=O)c2ccccc21. The van der Waals surface area contributed by atoms with Crippen molar-refractivity contribution in [3.63, 3.8) is 0 Å². The molecule has 0 saturated carbocycles. The predicted molar refractivity (Wildman–Crippen MR) is 434 cm³/mol. The molecule has 0 aliphatic heterocycles. The van der Waals surface area contributed by atoms with Crippen LogP contribution in [0.15, 0.2) is 192 Å². The summed E-state index contributed by atoms with van der Waals surface area (Å²) in [7, 11) is 0. The van der Waals surface area contributed by atoms with Crippen LogP contribution in [-0.4, -0.2) is 11.6 Å². The van der Waals surface area contributed by atoms with Gasteiger partial charge in [0.05, 0.1) is 32.9 Å². The van der Waals surface area contributed by atoms with Gasteiger partial charge in [-0.15, -0.1) is 45.3 Å². The minimum atomic E-state index is -0.837. The van der Waals surface area contributed by atoms with Crippen molar-refractivity contribution in [3.8, 4) is 39.1 Å². The van der Waals surface area contributed by atoms with Crippen molar-refractivity contribution in [2.75, 3.05) is 0 Å². The zero-order valence-corrected chi connectivity index (χ0v) is 63.0. The average molecular weight is 1430 g/mol. The van der Waals surface area contributed by atoms with Gasteiger partial charge in [-0.2, -0.15) is 10.5 Å². The van der Waals surface area contributed by atoms with E-state index in [0.717, 1.165) is 79.9 Å². The Kier molecular flexibility index (Phi) is 20.2. The molecule has 514 valence electrons. The molecule has 0 unspecified atom stereocenters. The van der Waals surface area contributed by atoms with E-state index in [-0.39, 0.29) is 22.8 Å². The standard InChI is InChI=1S/C94H82N4O2S4/c1-6-10-14-18-26-59-34-42-64(43-35-59)93(65-44-36-60(37-45-65)27-19-15-11-7-2)78-55-75-79(54-74(78)89-85(93)91-81(103-89)52-68(101-91)50-76-83(63(56-95)57-96)70-30-22-24-32-72(70)87(76)99)94(66-46-38-61(39-47-66)28-20-16-12-8-3,67-48-40-62(41-49-67)29-21-17-13-9-4)86-90(75)104-82-53-69(102-92(82)86)51-77-84(80(58-97)98-5)71-31-23-25-33-73(71)88(77)100/h22-25,30-55H,6-21,26-29H2,1-4H3/b76-50-,77-51-,84-80+. The summed E-state index contributed by atoms with van der Waals surface area (Å²) < 4.78 is 4.50. The molecule has 11 aromatic rings. The number of hydrogen-bond donors (Lipinski definition) is 0. The van der Waals surface area contributed by atoms with E-state index in [1.54, 1.807) is 34.8 Å². The van der Waals surface area contributed by atoms with Crippen molar-refractivity contribution in [1.82, 2.24) is 0 Å². The van der Waals surface area contributed by atoms with Gasteiger partial charge in [-0.3, -0.25) is 9.59 Å². The van der Waals surface area contributed by atoms with E-state index in [1.807, 2.05) is 71.2 Å². The van der Waals surface area contributed by atoms with E-state index in [2.05, 4.69) is 172 Å². The summed E-state index contributed by atoms with van der Waals surface area (Å²) in [6.07, 6.45) is 26.7. The first-order valence-corrected chi connectivity index (χ1v) is 40.8. The van der Waals surface area contributed by atoms with E-state index in [0.29, 0.717) is 44.5 Å². The Hall–Kier alpha value is -9.88. The van der Waals surface area contributed by atoms with Crippen molar-refractivity contribution in [1.29, 1.82) is 15.8 Å². The number of nitriles is 3. The van der Waals surface area contributed by atoms with Crippen LogP contribution in [0.1, 0.15) is 239 Å². The molecule has 10 heteroatoms. The number of carbonyl (C=O) groups excluding carboxylic acids is 2. The lowest BCUT2D eigenvalue weighted by atomic mass is 9.65. The lowest BCUT2D eigenvalue weighted by molar-refractivity contribution is 0.103. The molecule has 0 atom stereocenters. The molecule has 15 rings (SSSR count). The Balaban J connectivity index is 1.01. The minimum Gasteiger partial charge on any atom is -0.289 e. The van der Waals surface area contributed by atoms with Crippen LogP contribution in [0.5, 0.6) is 0 Å². The normalized spacial score (nSPS) is 15.4. The molecule has 0 fully saturated rings. The molecule has 6 nitrogen and oxygen atoms in total. The summed E-state index contributed by atoms with van der Waals surface area (Å²) in [6.45, 7) is 17.2. The summed E-state index contributed by atoms with van der Waals surface area (Å²) in [6, 6.07) is 69.2. The van der Waals surface area contributed by atoms with Gasteiger partial charge in [-0.1, -0.05) is 250 Å². The molecule has 4 aliphatic rings. The second-order valence-electron chi connectivity index (χ2n) is 28.6. The van der Waals surface area contributed by atoms with Gasteiger partial charge in [0.25, 0.3) is 5.70 Å². The second-order valence-corrected chi connectivity index (χ2v) is 32.8. The van der Waals surface area contributed by atoms with Crippen molar-refractivity contribution in [2.45, 2.75) is 167 Å². The van der Waals surface area contributed by atoms with Crippen LogP contribution in [0.4, 0.5) is 0 Å². The van der Waals surface area contributed by atoms with E-state index < -0.39 is 10.8 Å². The number of unbranched alkanes of at least 4 members (excludes halogenated alkanes) is 12. The molecule has 0 radical (unpaired) electrons. The third-order valence-corrected chi connectivity index (χ3v) is 27.0. The van der Waals surface area contributed by atoms with Crippen molar-refractivity contribution < 1.29 is 9.59 Å². The highest BCUT2D eigenvalue weighted by Crippen LogP contribution is 2.68. The fraction of sp³-hybridized carbons (Fsp3) is 0.277. The van der Waals surface area contributed by atoms with E-state index >= 15 is 0 Å². The monoisotopic (exact) mass is 1430 g/mol. The Morgan fingerprint density at radius 2 is 0.740 bits per heavy atom. The number of hydrogen-bond acceptors (Lipinski definition) is 9. The van der Waals surface area contributed by atoms with Crippen LogP contribution in [-0.2, 0) is 36.5 Å². The van der Waals surface area contributed by atoms with Crippen LogP contribution in [0.25, 0.3) is 67.8 Å². The van der Waals surface area contributed by atoms with Gasteiger partial charge in [0.2, 0.25) is 0 Å². The molecular weight excluding hydrogens is 1350 g/mol. The Morgan fingerprint density at radius 3 is 1.07 bits per heavy atom. The number of nitrogens with zero attached hydrogens (tertiary/aromatic N) is 4. The van der Waals surface area contributed by atoms with Gasteiger partial charge in [-0.25, -0.2) is 10.1 Å². The van der Waals surface area contributed by atoms with Gasteiger partial charge >= 0.3 is 0 Å². The largest absolute Gasteiger partial charge is 0.289 e. The highest BCUT2D eigenvalue weighted by Gasteiger charge is 2.55. The summed E-state index contributed by atoms with van der Waals surface area (Å²) in [4.78, 5) is 37.2. The zero-order chi connectivity index (χ0) is 71.6. The maximum atomic E-state index is 14.7. The predicted octanol–water partition coefficient (Wildman–Crippen LogP) is 26.0. The lowest BCUT2D eigenvalue weighted by Gasteiger charge is -2.36. The first-order valence-electron chi connectivity index (χ1n) is 37.6. The fourth-order valence-electron chi connectivity index (χ4n) is 17.1. The van der Waals surface area contributed by atoms with E-state index in [9.17, 15) is 25.4 Å². The molecule has 0 amide bonds. The third kappa shape index (κ3) is 12.0.